The minimum atomic E-state index is -4.72. The van der Waals surface area contributed by atoms with Gasteiger partial charge in [-0.3, -0.25) is 4.98 Å². The first-order valence-corrected chi connectivity index (χ1v) is 6.86. The second-order valence-electron chi connectivity index (χ2n) is 5.45. The Bertz CT molecular complexity index is 573. The average Bonchev–Trinajstić information content (AvgIpc) is 2.55. The normalized spacial score (nSPS) is 34.2. The van der Waals surface area contributed by atoms with Crippen molar-refractivity contribution >= 4 is 0 Å². The third-order valence-electron chi connectivity index (χ3n) is 3.65. The highest BCUT2D eigenvalue weighted by molar-refractivity contribution is 5.12. The molecular weight excluding hydrogens is 337 g/mol. The zero-order valence-electron chi connectivity index (χ0n) is 12.8. The van der Waals surface area contributed by atoms with E-state index in [1.54, 1.807) is 0 Å². The van der Waals surface area contributed by atoms with Crippen LogP contribution in [-0.4, -0.2) is 69.2 Å². The van der Waals surface area contributed by atoms with Gasteiger partial charge in [-0.25, -0.2) is 4.98 Å². The first-order valence-electron chi connectivity index (χ1n) is 6.86. The second kappa shape index (κ2) is 6.76. The zero-order valence-corrected chi connectivity index (χ0v) is 12.8. The molecule has 5 unspecified atom stereocenters. The summed E-state index contributed by atoms with van der Waals surface area (Å²) in [5, 5.41) is 29.5. The van der Waals surface area contributed by atoms with Gasteiger partial charge in [0.1, 0.15) is 17.8 Å². The Morgan fingerprint density at radius 3 is 2.54 bits per heavy atom. The minimum Gasteiger partial charge on any atom is -0.465 e. The van der Waals surface area contributed by atoms with Crippen LogP contribution in [0.1, 0.15) is 12.6 Å². The SMILES string of the molecule is COC1OC(C)(CO)C(O)C(O)C1Oc1cncc(C(F)(F)F)n1. The van der Waals surface area contributed by atoms with E-state index in [9.17, 15) is 28.5 Å². The Balaban J connectivity index is 2.25. The number of aromatic nitrogens is 2. The second-order valence-corrected chi connectivity index (χ2v) is 5.45. The van der Waals surface area contributed by atoms with Crippen LogP contribution in [-0.2, 0) is 15.7 Å². The Hall–Kier alpha value is -1.53. The third kappa shape index (κ3) is 3.59. The van der Waals surface area contributed by atoms with Crippen molar-refractivity contribution in [2.45, 2.75) is 43.3 Å². The van der Waals surface area contributed by atoms with Crippen molar-refractivity contribution in [2.75, 3.05) is 13.7 Å². The van der Waals surface area contributed by atoms with Crippen LogP contribution in [0.25, 0.3) is 0 Å². The van der Waals surface area contributed by atoms with Gasteiger partial charge in [-0.15, -0.1) is 0 Å². The van der Waals surface area contributed by atoms with E-state index >= 15 is 0 Å². The van der Waals surface area contributed by atoms with Crippen LogP contribution < -0.4 is 4.74 Å². The maximum absolute atomic E-state index is 12.7. The fraction of sp³-hybridized carbons (Fsp3) is 0.692. The highest BCUT2D eigenvalue weighted by Crippen LogP contribution is 2.33. The van der Waals surface area contributed by atoms with Crippen LogP contribution in [0.4, 0.5) is 13.2 Å². The highest BCUT2D eigenvalue weighted by Gasteiger charge is 2.52. The maximum Gasteiger partial charge on any atom is 0.435 e. The number of aliphatic hydroxyl groups excluding tert-OH is 3. The summed E-state index contributed by atoms with van der Waals surface area (Å²) in [6.07, 6.45) is -9.12. The molecule has 1 saturated heterocycles. The topological polar surface area (TPSA) is 114 Å². The number of alkyl halides is 3. The van der Waals surface area contributed by atoms with Crippen LogP contribution in [0.3, 0.4) is 0 Å². The van der Waals surface area contributed by atoms with Crippen molar-refractivity contribution < 1.29 is 42.7 Å². The number of halogens is 3. The first-order chi connectivity index (χ1) is 11.1. The number of nitrogens with zero attached hydrogens (tertiary/aromatic N) is 2. The fourth-order valence-electron chi connectivity index (χ4n) is 2.22. The predicted molar refractivity (Wildman–Crippen MR) is 70.8 cm³/mol. The molecule has 11 heteroatoms. The highest BCUT2D eigenvalue weighted by atomic mass is 19.4. The molecule has 0 saturated carbocycles. The molecule has 1 aliphatic heterocycles. The molecule has 0 spiro atoms. The summed E-state index contributed by atoms with van der Waals surface area (Å²) in [4.78, 5) is 6.64. The maximum atomic E-state index is 12.7. The monoisotopic (exact) mass is 354 g/mol. The number of ether oxygens (including phenoxy) is 3. The van der Waals surface area contributed by atoms with Gasteiger partial charge in [0, 0.05) is 7.11 Å². The van der Waals surface area contributed by atoms with Gasteiger partial charge in [-0.1, -0.05) is 0 Å². The van der Waals surface area contributed by atoms with Gasteiger partial charge in [0.05, 0.1) is 19.0 Å². The molecule has 0 radical (unpaired) electrons. The van der Waals surface area contributed by atoms with Crippen LogP contribution in [0.5, 0.6) is 5.88 Å². The molecule has 0 amide bonds. The summed E-state index contributed by atoms with van der Waals surface area (Å²) in [5.41, 5.74) is -2.81. The smallest absolute Gasteiger partial charge is 0.435 e. The number of methoxy groups -OCH3 is 1. The number of hydrogen-bond acceptors (Lipinski definition) is 8. The largest absolute Gasteiger partial charge is 0.465 e. The van der Waals surface area contributed by atoms with Crippen LogP contribution in [0.15, 0.2) is 12.4 Å². The average molecular weight is 354 g/mol. The molecule has 3 N–H and O–H groups in total. The van der Waals surface area contributed by atoms with Gasteiger partial charge in [0.25, 0.3) is 0 Å². The summed E-state index contributed by atoms with van der Waals surface area (Å²) < 4.78 is 53.5. The lowest BCUT2D eigenvalue weighted by molar-refractivity contribution is -0.323. The van der Waals surface area contributed by atoms with E-state index in [1.807, 2.05) is 0 Å². The van der Waals surface area contributed by atoms with Crippen LogP contribution >= 0.6 is 0 Å². The molecule has 2 heterocycles. The number of rotatable bonds is 4. The summed E-state index contributed by atoms with van der Waals surface area (Å²) in [6.45, 7) is 0.717. The van der Waals surface area contributed by atoms with Gasteiger partial charge >= 0.3 is 6.18 Å². The van der Waals surface area contributed by atoms with Crippen molar-refractivity contribution in [3.63, 3.8) is 0 Å². The molecule has 2 rings (SSSR count). The van der Waals surface area contributed by atoms with Crippen LogP contribution in [0.2, 0.25) is 0 Å². The molecule has 1 fully saturated rings. The Morgan fingerprint density at radius 2 is 2.00 bits per heavy atom. The van der Waals surface area contributed by atoms with Gasteiger partial charge in [0.15, 0.2) is 18.1 Å². The molecule has 0 aliphatic carbocycles. The van der Waals surface area contributed by atoms with E-state index in [2.05, 4.69) is 9.97 Å². The van der Waals surface area contributed by atoms with E-state index in [1.165, 1.54) is 14.0 Å². The van der Waals surface area contributed by atoms with Crippen molar-refractivity contribution in [1.29, 1.82) is 0 Å². The minimum absolute atomic E-state index is 0.520. The van der Waals surface area contributed by atoms with E-state index in [0.717, 1.165) is 6.20 Å². The molecular formula is C13H17F3N2O6. The molecule has 1 aliphatic rings. The summed E-state index contributed by atoms with van der Waals surface area (Å²) in [5.74, 6) is -0.528. The Kier molecular flexibility index (Phi) is 5.30. The summed E-state index contributed by atoms with van der Waals surface area (Å²) in [6, 6.07) is 0. The molecule has 1 aromatic rings. The Morgan fingerprint density at radius 1 is 1.33 bits per heavy atom. The predicted octanol–water partition coefficient (Wildman–Crippen LogP) is -0.282. The lowest BCUT2D eigenvalue weighted by Gasteiger charge is -2.46. The van der Waals surface area contributed by atoms with Crippen LogP contribution in [0, 0.1) is 0 Å². The van der Waals surface area contributed by atoms with E-state index in [0.29, 0.717) is 6.20 Å². The molecule has 1 aromatic heterocycles. The summed E-state index contributed by atoms with van der Waals surface area (Å²) >= 11 is 0. The van der Waals surface area contributed by atoms with Crippen molar-refractivity contribution in [2.24, 2.45) is 0 Å². The Labute approximate surface area is 134 Å². The molecule has 24 heavy (non-hydrogen) atoms. The van der Waals surface area contributed by atoms with Crippen molar-refractivity contribution in [3.8, 4) is 5.88 Å². The zero-order chi connectivity index (χ0) is 18.1. The van der Waals surface area contributed by atoms with E-state index < -0.39 is 54.6 Å². The van der Waals surface area contributed by atoms with Gasteiger partial charge in [-0.2, -0.15) is 13.2 Å². The standard InChI is InChI=1S/C13H17F3N2O6/c1-12(5-19)10(21)8(20)9(11(22-2)24-12)23-7-4-17-3-6(18-7)13(14,15)16/h3-4,8-11,19-21H,5H2,1-2H3. The lowest BCUT2D eigenvalue weighted by Crippen LogP contribution is -2.66. The van der Waals surface area contributed by atoms with Gasteiger partial charge < -0.3 is 29.5 Å². The van der Waals surface area contributed by atoms with E-state index in [-0.39, 0.29) is 0 Å². The number of aliphatic hydroxyl groups is 3. The molecule has 8 nitrogen and oxygen atoms in total. The van der Waals surface area contributed by atoms with Gasteiger partial charge in [0.2, 0.25) is 5.88 Å². The summed E-state index contributed by atoms with van der Waals surface area (Å²) in [7, 11) is 1.21. The fourth-order valence-corrected chi connectivity index (χ4v) is 2.22. The number of hydrogen-bond donors (Lipinski definition) is 3. The van der Waals surface area contributed by atoms with Crippen molar-refractivity contribution in [1.82, 2.24) is 9.97 Å². The first kappa shape index (κ1) is 18.8. The lowest BCUT2D eigenvalue weighted by atomic mass is 9.89. The van der Waals surface area contributed by atoms with Gasteiger partial charge in [-0.05, 0) is 6.92 Å². The van der Waals surface area contributed by atoms with E-state index in [4.69, 9.17) is 14.2 Å². The van der Waals surface area contributed by atoms with Crippen molar-refractivity contribution in [3.05, 3.63) is 18.1 Å². The molecule has 0 bridgehead atoms. The molecule has 136 valence electrons. The quantitative estimate of drug-likeness (QED) is 0.676. The third-order valence-corrected chi connectivity index (χ3v) is 3.65. The molecule has 0 aromatic carbocycles. The molecule has 5 atom stereocenters.